The second-order valence-corrected chi connectivity index (χ2v) is 8.88. The second kappa shape index (κ2) is 12.0. The number of hydrogen-bond acceptors (Lipinski definition) is 5. The minimum atomic E-state index is 0. The highest BCUT2D eigenvalue weighted by molar-refractivity contribution is 7.99. The predicted octanol–water partition coefficient (Wildman–Crippen LogP) is 2.27. The number of halogens is 2. The van der Waals surface area contributed by atoms with Crippen molar-refractivity contribution >= 4 is 42.5 Å². The molecule has 0 aromatic rings. The number of morpholine rings is 1. The molecule has 8 heteroatoms. The van der Waals surface area contributed by atoms with Gasteiger partial charge in [-0.2, -0.15) is 11.8 Å². The number of nitrogens with zero attached hydrogens (tertiary/aromatic N) is 2. The van der Waals surface area contributed by atoms with Gasteiger partial charge in [0, 0.05) is 63.2 Å². The van der Waals surface area contributed by atoms with Crippen molar-refractivity contribution in [3.05, 3.63) is 0 Å². The summed E-state index contributed by atoms with van der Waals surface area (Å²) in [5, 5.41) is 3.47. The van der Waals surface area contributed by atoms with Gasteiger partial charge in [-0.1, -0.05) is 0 Å². The summed E-state index contributed by atoms with van der Waals surface area (Å²) in [7, 11) is 0. The zero-order chi connectivity index (χ0) is 16.9. The van der Waals surface area contributed by atoms with Gasteiger partial charge >= 0.3 is 0 Å². The molecule has 5 nitrogen and oxygen atoms in total. The number of piperidine rings is 1. The summed E-state index contributed by atoms with van der Waals surface area (Å²) < 4.78 is 5.82. The van der Waals surface area contributed by atoms with Gasteiger partial charge in [0.15, 0.2) is 0 Å². The Morgan fingerprint density at radius 1 is 1.15 bits per heavy atom. The van der Waals surface area contributed by atoms with Crippen molar-refractivity contribution in [2.45, 2.75) is 51.4 Å². The monoisotopic (exact) mass is 427 g/mol. The summed E-state index contributed by atoms with van der Waals surface area (Å²) in [6, 6.07) is 0.380. The van der Waals surface area contributed by atoms with Gasteiger partial charge in [-0.25, -0.2) is 0 Å². The molecule has 26 heavy (non-hydrogen) atoms. The molecular formula is C18H35Cl2N3O2S. The Bertz CT molecular complexity index is 409. The molecule has 3 unspecified atom stereocenters. The highest BCUT2D eigenvalue weighted by Gasteiger charge is 2.28. The topological polar surface area (TPSA) is 44.8 Å². The Labute approximate surface area is 175 Å². The molecule has 0 aromatic heterocycles. The van der Waals surface area contributed by atoms with E-state index in [1.807, 2.05) is 11.8 Å². The fourth-order valence-corrected chi connectivity index (χ4v) is 5.20. The minimum absolute atomic E-state index is 0. The summed E-state index contributed by atoms with van der Waals surface area (Å²) in [5.74, 6) is 3.33. The summed E-state index contributed by atoms with van der Waals surface area (Å²) in [6.07, 6.45) is 3.67. The first-order chi connectivity index (χ1) is 11.6. The van der Waals surface area contributed by atoms with E-state index < -0.39 is 0 Å². The molecule has 3 saturated heterocycles. The van der Waals surface area contributed by atoms with Crippen LogP contribution in [0.15, 0.2) is 0 Å². The van der Waals surface area contributed by atoms with Crippen molar-refractivity contribution in [2.75, 3.05) is 50.8 Å². The molecule has 1 N–H and O–H groups in total. The Morgan fingerprint density at radius 3 is 2.38 bits per heavy atom. The largest absolute Gasteiger partial charge is 0.373 e. The van der Waals surface area contributed by atoms with Crippen LogP contribution in [0.5, 0.6) is 0 Å². The Kier molecular flexibility index (Phi) is 11.2. The average Bonchev–Trinajstić information content (AvgIpc) is 2.55. The molecule has 1 amide bonds. The molecule has 0 radical (unpaired) electrons. The number of carbonyl (C=O) groups excluding carboxylic acids is 1. The lowest BCUT2D eigenvalue weighted by atomic mass is 9.95. The van der Waals surface area contributed by atoms with Gasteiger partial charge in [-0.05, 0) is 32.6 Å². The fraction of sp³-hybridized carbons (Fsp3) is 0.944. The maximum Gasteiger partial charge on any atom is 0.224 e. The summed E-state index contributed by atoms with van der Waals surface area (Å²) in [5.41, 5.74) is 0. The van der Waals surface area contributed by atoms with E-state index in [0.717, 1.165) is 57.2 Å². The van der Waals surface area contributed by atoms with E-state index in [9.17, 15) is 4.79 Å². The molecular weight excluding hydrogens is 393 g/mol. The fourth-order valence-electron chi connectivity index (χ4n) is 4.25. The maximum atomic E-state index is 12.5. The molecule has 0 aromatic carbocycles. The molecule has 0 bridgehead atoms. The Hall–Kier alpha value is 0.280. The van der Waals surface area contributed by atoms with E-state index in [0.29, 0.717) is 30.6 Å². The molecule has 3 heterocycles. The van der Waals surface area contributed by atoms with Gasteiger partial charge in [0.1, 0.15) is 0 Å². The minimum Gasteiger partial charge on any atom is -0.373 e. The van der Waals surface area contributed by atoms with E-state index >= 15 is 0 Å². The van der Waals surface area contributed by atoms with E-state index in [2.05, 4.69) is 29.0 Å². The number of amides is 1. The highest BCUT2D eigenvalue weighted by atomic mass is 35.5. The molecule has 0 spiro atoms. The lowest BCUT2D eigenvalue weighted by molar-refractivity contribution is -0.133. The SMILES string of the molecule is CC1CN(CC2CCN(C(=O)CC3CSCCN3)CC2)CC(C)O1.Cl.Cl. The number of nitrogens with one attached hydrogen (secondary N) is 1. The molecule has 3 rings (SSSR count). The lowest BCUT2D eigenvalue weighted by Gasteiger charge is -2.39. The Morgan fingerprint density at radius 2 is 1.81 bits per heavy atom. The van der Waals surface area contributed by atoms with Crippen LogP contribution in [-0.4, -0.2) is 84.7 Å². The molecule has 3 aliphatic rings. The molecule has 154 valence electrons. The van der Waals surface area contributed by atoms with Gasteiger partial charge in [-0.15, -0.1) is 24.8 Å². The van der Waals surface area contributed by atoms with Crippen LogP contribution in [0.2, 0.25) is 0 Å². The van der Waals surface area contributed by atoms with E-state index in [4.69, 9.17) is 4.74 Å². The molecule has 3 aliphatic heterocycles. The average molecular weight is 428 g/mol. The number of likely N-dealkylation sites (tertiary alicyclic amines) is 1. The number of thioether (sulfide) groups is 1. The number of ether oxygens (including phenoxy) is 1. The number of hydrogen-bond donors (Lipinski definition) is 1. The van der Waals surface area contributed by atoms with E-state index in [1.165, 1.54) is 12.3 Å². The third kappa shape index (κ3) is 7.36. The number of carbonyl (C=O) groups is 1. The van der Waals surface area contributed by atoms with Gasteiger partial charge in [0.2, 0.25) is 5.91 Å². The normalized spacial score (nSPS) is 31.0. The summed E-state index contributed by atoms with van der Waals surface area (Å²) >= 11 is 1.96. The van der Waals surface area contributed by atoms with Gasteiger partial charge in [0.05, 0.1) is 12.2 Å². The summed E-state index contributed by atoms with van der Waals surface area (Å²) in [6.45, 7) is 10.5. The second-order valence-electron chi connectivity index (χ2n) is 7.73. The quantitative estimate of drug-likeness (QED) is 0.745. The smallest absolute Gasteiger partial charge is 0.224 e. The van der Waals surface area contributed by atoms with Crippen molar-refractivity contribution in [3.8, 4) is 0 Å². The molecule has 3 fully saturated rings. The first-order valence-electron chi connectivity index (χ1n) is 9.57. The molecule has 0 saturated carbocycles. The molecule has 3 atom stereocenters. The van der Waals surface area contributed by atoms with E-state index in [1.54, 1.807) is 0 Å². The first kappa shape index (κ1) is 24.3. The lowest BCUT2D eigenvalue weighted by Crippen LogP contribution is -2.49. The van der Waals surface area contributed by atoms with Gasteiger partial charge in [-0.3, -0.25) is 9.69 Å². The molecule has 0 aliphatic carbocycles. The van der Waals surface area contributed by atoms with Crippen molar-refractivity contribution in [2.24, 2.45) is 5.92 Å². The highest BCUT2D eigenvalue weighted by Crippen LogP contribution is 2.22. The zero-order valence-electron chi connectivity index (χ0n) is 16.0. The van der Waals surface area contributed by atoms with Crippen LogP contribution in [0.25, 0.3) is 0 Å². The van der Waals surface area contributed by atoms with Crippen molar-refractivity contribution in [1.29, 1.82) is 0 Å². The van der Waals surface area contributed by atoms with Crippen LogP contribution in [0.4, 0.5) is 0 Å². The maximum absolute atomic E-state index is 12.5. The van der Waals surface area contributed by atoms with Crippen LogP contribution in [0.1, 0.15) is 33.1 Å². The Balaban J connectivity index is 0.00000169. The number of rotatable bonds is 4. The van der Waals surface area contributed by atoms with Gasteiger partial charge in [0.25, 0.3) is 0 Å². The van der Waals surface area contributed by atoms with Gasteiger partial charge < -0.3 is 15.0 Å². The van der Waals surface area contributed by atoms with Crippen LogP contribution in [-0.2, 0) is 9.53 Å². The van der Waals surface area contributed by atoms with Crippen molar-refractivity contribution in [1.82, 2.24) is 15.1 Å². The van der Waals surface area contributed by atoms with Crippen LogP contribution in [0, 0.1) is 5.92 Å². The summed E-state index contributed by atoms with van der Waals surface area (Å²) in [4.78, 5) is 17.2. The first-order valence-corrected chi connectivity index (χ1v) is 10.7. The van der Waals surface area contributed by atoms with Crippen LogP contribution < -0.4 is 5.32 Å². The van der Waals surface area contributed by atoms with Crippen LogP contribution >= 0.6 is 36.6 Å². The predicted molar refractivity (Wildman–Crippen MR) is 114 cm³/mol. The van der Waals surface area contributed by atoms with E-state index in [-0.39, 0.29) is 24.8 Å². The third-order valence-electron chi connectivity index (χ3n) is 5.40. The third-order valence-corrected chi connectivity index (χ3v) is 6.53. The standard InChI is InChI=1S/C18H33N3O2S.2ClH/c1-14-10-20(11-15(2)23-14)12-16-3-6-21(7-4-16)18(22)9-17-13-24-8-5-19-17;;/h14-17,19H,3-13H2,1-2H3;2*1H. The van der Waals surface area contributed by atoms with Crippen molar-refractivity contribution < 1.29 is 9.53 Å². The van der Waals surface area contributed by atoms with Crippen LogP contribution in [0.3, 0.4) is 0 Å². The van der Waals surface area contributed by atoms with Crippen molar-refractivity contribution in [3.63, 3.8) is 0 Å². The zero-order valence-corrected chi connectivity index (χ0v) is 18.5.